The number of hydrogen-bond donors (Lipinski definition) is 0. The average molecular weight is 561 g/mol. The first kappa shape index (κ1) is 28.7. The molecular weight excluding hydrogens is 527 g/mol. The molecule has 5 heteroatoms. The van der Waals surface area contributed by atoms with E-state index in [1.807, 2.05) is 42.9 Å². The summed E-state index contributed by atoms with van der Waals surface area (Å²) in [5, 5.41) is 0.863. The molecule has 0 aliphatic carbocycles. The molecular formula is C37H33BN2OSi. The fraction of sp³-hybridized carbons (Fsp3) is 0.0541. The Hall–Kier alpha value is -4.87. The van der Waals surface area contributed by atoms with Gasteiger partial charge in [-0.05, 0) is 23.3 Å². The van der Waals surface area contributed by atoms with E-state index in [0.717, 1.165) is 5.75 Å². The van der Waals surface area contributed by atoms with Crippen molar-refractivity contribution in [2.75, 3.05) is 7.11 Å². The molecule has 0 saturated heterocycles. The summed E-state index contributed by atoms with van der Waals surface area (Å²) in [6.07, 6.45) is 5.80. The quantitative estimate of drug-likeness (QED) is 0.213. The average Bonchev–Trinajstić information content (AvgIpc) is 3.62. The lowest BCUT2D eigenvalue weighted by atomic mass is 9.41. The standard InChI is InChI=1S/C23H20N2OSi.C14H13B/c1-26-21-13-8-14-22(17-21)27-23(25-16-15-24-18-25,19-9-4-2-5-10-19)20-11-6-3-7-12-20;1-2-15(13-9-5-3-6-10-13)14-11-7-4-8-12-14/h2-18H,1H3;2-12H,1H2. The van der Waals surface area contributed by atoms with Gasteiger partial charge in [0.05, 0.1) is 18.6 Å². The molecule has 2 radical (unpaired) electrons. The minimum atomic E-state index is -0.370. The molecule has 0 fully saturated rings. The topological polar surface area (TPSA) is 27.1 Å². The molecule has 0 aliphatic rings. The molecule has 0 N–H and O–H groups in total. The summed E-state index contributed by atoms with van der Waals surface area (Å²) in [4.78, 5) is 4.36. The maximum Gasteiger partial charge on any atom is 0.233 e. The molecule has 5 aromatic carbocycles. The van der Waals surface area contributed by atoms with E-state index < -0.39 is 0 Å². The van der Waals surface area contributed by atoms with Crippen LogP contribution in [0.5, 0.6) is 5.75 Å². The third-order valence-corrected chi connectivity index (χ3v) is 9.02. The Morgan fingerprint density at radius 3 is 1.69 bits per heavy atom. The van der Waals surface area contributed by atoms with Crippen molar-refractivity contribution < 1.29 is 4.74 Å². The highest BCUT2D eigenvalue weighted by molar-refractivity contribution is 6.89. The number of aromatic nitrogens is 2. The number of ether oxygens (including phenoxy) is 1. The summed E-state index contributed by atoms with van der Waals surface area (Å²) in [7, 11) is 2.17. The second kappa shape index (κ2) is 14.2. The summed E-state index contributed by atoms with van der Waals surface area (Å²) in [5.41, 5.74) is 5.04. The van der Waals surface area contributed by atoms with Gasteiger partial charge in [-0.25, -0.2) is 4.98 Å². The van der Waals surface area contributed by atoms with Gasteiger partial charge in [-0.1, -0.05) is 150 Å². The van der Waals surface area contributed by atoms with Crippen LogP contribution in [0.2, 0.25) is 0 Å². The normalized spacial score (nSPS) is 10.7. The zero-order valence-corrected chi connectivity index (χ0v) is 24.8. The number of imidazole rings is 1. The molecule has 1 heterocycles. The first-order valence-electron chi connectivity index (χ1n) is 14.0. The molecule has 3 nitrogen and oxygen atoms in total. The third kappa shape index (κ3) is 6.54. The summed E-state index contributed by atoms with van der Waals surface area (Å²) in [6, 6.07) is 50.5. The van der Waals surface area contributed by atoms with E-state index in [-0.39, 0.29) is 5.16 Å². The van der Waals surface area contributed by atoms with Crippen LogP contribution in [-0.2, 0) is 5.16 Å². The van der Waals surface area contributed by atoms with Crippen LogP contribution in [0.25, 0.3) is 0 Å². The Bertz CT molecular complexity index is 1570. The summed E-state index contributed by atoms with van der Waals surface area (Å²) >= 11 is 0. The molecule has 0 spiro atoms. The lowest BCUT2D eigenvalue weighted by Crippen LogP contribution is -2.46. The van der Waals surface area contributed by atoms with Crippen molar-refractivity contribution in [3.8, 4) is 5.75 Å². The van der Waals surface area contributed by atoms with E-state index in [4.69, 9.17) is 4.74 Å². The van der Waals surface area contributed by atoms with E-state index in [0.29, 0.717) is 16.2 Å². The van der Waals surface area contributed by atoms with Gasteiger partial charge in [0, 0.05) is 12.4 Å². The van der Waals surface area contributed by atoms with Crippen molar-refractivity contribution in [3.63, 3.8) is 0 Å². The predicted molar refractivity (Wildman–Crippen MR) is 178 cm³/mol. The first-order valence-corrected chi connectivity index (χ1v) is 15.0. The molecule has 0 amide bonds. The SMILES string of the molecule is C=CB(c1ccccc1)c1ccccc1.COc1cccc([Si]C(c2ccccc2)(c2ccccc2)n2ccnc2)c1. The lowest BCUT2D eigenvalue weighted by Gasteiger charge is -2.36. The molecule has 204 valence electrons. The van der Waals surface area contributed by atoms with Crippen molar-refractivity contribution in [1.82, 2.24) is 9.55 Å². The van der Waals surface area contributed by atoms with Gasteiger partial charge >= 0.3 is 0 Å². The van der Waals surface area contributed by atoms with Crippen molar-refractivity contribution >= 4 is 32.3 Å². The molecule has 0 saturated carbocycles. The Morgan fingerprint density at radius 2 is 1.24 bits per heavy atom. The Labute approximate surface area is 252 Å². The van der Waals surface area contributed by atoms with Crippen LogP contribution in [-0.4, -0.2) is 32.9 Å². The summed E-state index contributed by atoms with van der Waals surface area (Å²) in [5.74, 6) is 2.87. The van der Waals surface area contributed by atoms with Gasteiger partial charge in [0.2, 0.25) is 6.71 Å². The molecule has 6 aromatic rings. The molecule has 1 aromatic heterocycles. The van der Waals surface area contributed by atoms with Gasteiger partial charge in [0.15, 0.2) is 0 Å². The highest BCUT2D eigenvalue weighted by atomic mass is 28.2. The maximum absolute atomic E-state index is 5.46. The van der Waals surface area contributed by atoms with Crippen molar-refractivity contribution in [2.24, 2.45) is 0 Å². The van der Waals surface area contributed by atoms with E-state index in [1.54, 1.807) is 7.11 Å². The second-order valence-electron chi connectivity index (χ2n) is 9.80. The van der Waals surface area contributed by atoms with Crippen LogP contribution in [0, 0.1) is 0 Å². The zero-order valence-electron chi connectivity index (χ0n) is 23.8. The molecule has 0 bridgehead atoms. The number of benzene rings is 5. The molecule has 0 atom stereocenters. The van der Waals surface area contributed by atoms with Crippen molar-refractivity contribution in [3.05, 3.63) is 188 Å². The molecule has 0 aliphatic heterocycles. The third-order valence-electron chi connectivity index (χ3n) is 7.22. The van der Waals surface area contributed by atoms with Crippen LogP contribution in [0.3, 0.4) is 0 Å². The second-order valence-corrected chi connectivity index (χ2v) is 11.4. The zero-order chi connectivity index (χ0) is 29.0. The number of hydrogen-bond acceptors (Lipinski definition) is 2. The Kier molecular flexibility index (Phi) is 9.66. The van der Waals surface area contributed by atoms with Crippen LogP contribution >= 0.6 is 0 Å². The van der Waals surface area contributed by atoms with Crippen LogP contribution in [0.1, 0.15) is 11.1 Å². The van der Waals surface area contributed by atoms with Crippen LogP contribution in [0.15, 0.2) is 177 Å². The Morgan fingerprint density at radius 1 is 0.714 bits per heavy atom. The van der Waals surface area contributed by atoms with Gasteiger partial charge in [0.25, 0.3) is 0 Å². The highest BCUT2D eigenvalue weighted by Crippen LogP contribution is 2.33. The van der Waals surface area contributed by atoms with E-state index in [1.165, 1.54) is 27.2 Å². The van der Waals surface area contributed by atoms with Crippen LogP contribution in [0.4, 0.5) is 0 Å². The molecule has 6 rings (SSSR count). The smallest absolute Gasteiger partial charge is 0.233 e. The first-order chi connectivity index (χ1) is 20.7. The number of rotatable bonds is 9. The van der Waals surface area contributed by atoms with Crippen molar-refractivity contribution in [1.29, 1.82) is 0 Å². The van der Waals surface area contributed by atoms with Crippen molar-refractivity contribution in [2.45, 2.75) is 5.16 Å². The predicted octanol–water partition coefficient (Wildman–Crippen LogP) is 5.69. The van der Waals surface area contributed by atoms with Gasteiger partial charge in [0.1, 0.15) is 15.3 Å². The monoisotopic (exact) mass is 560 g/mol. The fourth-order valence-corrected chi connectivity index (χ4v) is 6.88. The van der Waals surface area contributed by atoms with Gasteiger partial charge in [-0.15, -0.1) is 12.6 Å². The van der Waals surface area contributed by atoms with Crippen LogP contribution < -0.4 is 20.8 Å². The highest BCUT2D eigenvalue weighted by Gasteiger charge is 2.37. The number of methoxy groups -OCH3 is 1. The number of nitrogens with zero attached hydrogens (tertiary/aromatic N) is 2. The largest absolute Gasteiger partial charge is 0.497 e. The lowest BCUT2D eigenvalue weighted by molar-refractivity contribution is 0.415. The molecule has 0 unspecified atom stereocenters. The summed E-state index contributed by atoms with van der Waals surface area (Å²) < 4.78 is 7.67. The van der Waals surface area contributed by atoms with Gasteiger partial charge in [-0.2, -0.15) is 0 Å². The summed E-state index contributed by atoms with van der Waals surface area (Å²) in [6.45, 7) is 4.21. The minimum Gasteiger partial charge on any atom is -0.497 e. The van der Waals surface area contributed by atoms with E-state index in [2.05, 4.69) is 144 Å². The Balaban J connectivity index is 0.000000199. The minimum absolute atomic E-state index is 0.299. The molecule has 42 heavy (non-hydrogen) atoms. The van der Waals surface area contributed by atoms with E-state index in [9.17, 15) is 0 Å². The van der Waals surface area contributed by atoms with E-state index >= 15 is 0 Å². The van der Waals surface area contributed by atoms with Gasteiger partial charge < -0.3 is 9.30 Å². The fourth-order valence-electron chi connectivity index (χ4n) is 5.19. The maximum atomic E-state index is 5.46. The van der Waals surface area contributed by atoms with Gasteiger partial charge in [-0.3, -0.25) is 0 Å².